The van der Waals surface area contributed by atoms with Gasteiger partial charge in [0.05, 0.1) is 37.4 Å². The van der Waals surface area contributed by atoms with Gasteiger partial charge in [0.25, 0.3) is 0 Å². The number of nitrogens with one attached hydrogen (secondary N) is 1. The number of hydrogen-bond donors (Lipinski definition) is 1. The molecule has 0 bridgehead atoms. The first-order chi connectivity index (χ1) is 15.1. The van der Waals surface area contributed by atoms with Crippen LogP contribution in [0, 0.1) is 0 Å². The first-order valence-corrected chi connectivity index (χ1v) is 10.9. The molecule has 0 aromatic heterocycles. The summed E-state index contributed by atoms with van der Waals surface area (Å²) in [5.74, 6) is 0.795. The summed E-state index contributed by atoms with van der Waals surface area (Å²) in [6.07, 6.45) is 1.41. The summed E-state index contributed by atoms with van der Waals surface area (Å²) in [6.45, 7) is 2.07. The Morgan fingerprint density at radius 2 is 1.87 bits per heavy atom. The molecule has 0 spiro atoms. The fourth-order valence-electron chi connectivity index (χ4n) is 3.79. The van der Waals surface area contributed by atoms with Crippen LogP contribution >= 0.6 is 15.9 Å². The number of carbonyl (C=O) groups excluding carboxylic acids is 1. The molecule has 1 N–H and O–H groups in total. The van der Waals surface area contributed by atoms with Crippen molar-refractivity contribution in [1.29, 1.82) is 0 Å². The van der Waals surface area contributed by atoms with E-state index in [0.717, 1.165) is 16.8 Å². The van der Waals surface area contributed by atoms with Crippen molar-refractivity contribution in [2.75, 3.05) is 20.8 Å². The largest absolute Gasteiger partial charge is 0.493 e. The molecule has 0 aliphatic carbocycles. The predicted molar refractivity (Wildman–Crippen MR) is 122 cm³/mol. The average molecular weight is 486 g/mol. The number of benzene rings is 2. The third kappa shape index (κ3) is 4.05. The summed E-state index contributed by atoms with van der Waals surface area (Å²) < 4.78 is 16.1. The van der Waals surface area contributed by atoms with Gasteiger partial charge in [-0.05, 0) is 36.8 Å². The van der Waals surface area contributed by atoms with E-state index in [2.05, 4.69) is 33.5 Å². The molecule has 8 heteroatoms. The highest BCUT2D eigenvalue weighted by Crippen LogP contribution is 2.41. The topological polar surface area (TPSA) is 72.4 Å². The highest BCUT2D eigenvalue weighted by Gasteiger charge is 2.44. The first kappa shape index (κ1) is 21.4. The molecule has 1 fully saturated rings. The smallest absolute Gasteiger partial charge is 0.356 e. The quantitative estimate of drug-likeness (QED) is 0.496. The summed E-state index contributed by atoms with van der Waals surface area (Å²) in [5, 5.41) is 1.99. The maximum atomic E-state index is 12.5. The van der Waals surface area contributed by atoms with Gasteiger partial charge in [0.1, 0.15) is 5.71 Å². The summed E-state index contributed by atoms with van der Waals surface area (Å²) in [7, 11) is 3.19. The first-order valence-electron chi connectivity index (χ1n) is 10.0. The van der Waals surface area contributed by atoms with Gasteiger partial charge >= 0.3 is 5.97 Å². The number of fused-ring (bicyclic) bond motifs is 1. The van der Waals surface area contributed by atoms with Crippen molar-refractivity contribution in [1.82, 2.24) is 10.4 Å². The van der Waals surface area contributed by atoms with Crippen LogP contribution < -0.4 is 14.9 Å². The van der Waals surface area contributed by atoms with E-state index in [4.69, 9.17) is 19.2 Å². The van der Waals surface area contributed by atoms with E-state index < -0.39 is 5.97 Å². The minimum absolute atomic E-state index is 0.0277. The lowest BCUT2D eigenvalue weighted by Gasteiger charge is -2.31. The van der Waals surface area contributed by atoms with Crippen LogP contribution in [-0.2, 0) is 9.53 Å². The Hall–Kier alpha value is -2.84. The normalized spacial score (nSPS) is 22.3. The van der Waals surface area contributed by atoms with Gasteiger partial charge < -0.3 is 14.2 Å². The van der Waals surface area contributed by atoms with E-state index in [-0.39, 0.29) is 29.4 Å². The standard InChI is InChI=1S/C23H24BrN3O4/c1-4-31-23(28)16-13-17(15-10-11-18(29-2)19(12-15)30-3)27-22(25-16)20(24)21(26-27)14-8-6-5-7-9-14/h5-13,20-22,26H,4H2,1-3H3. The van der Waals surface area contributed by atoms with Gasteiger partial charge in [0.2, 0.25) is 0 Å². The highest BCUT2D eigenvalue weighted by atomic mass is 79.9. The van der Waals surface area contributed by atoms with E-state index in [1.807, 2.05) is 41.4 Å². The second-order valence-corrected chi connectivity index (χ2v) is 8.14. The molecule has 2 aliphatic heterocycles. The van der Waals surface area contributed by atoms with Crippen molar-refractivity contribution in [3.8, 4) is 11.5 Å². The molecule has 0 radical (unpaired) electrons. The van der Waals surface area contributed by atoms with Crippen molar-refractivity contribution < 1.29 is 19.0 Å². The Labute approximate surface area is 189 Å². The van der Waals surface area contributed by atoms with Crippen LogP contribution in [0.15, 0.2) is 59.6 Å². The lowest BCUT2D eigenvalue weighted by atomic mass is 10.0. The number of alkyl halides is 1. The highest BCUT2D eigenvalue weighted by molar-refractivity contribution is 9.09. The monoisotopic (exact) mass is 485 g/mol. The van der Waals surface area contributed by atoms with E-state index in [9.17, 15) is 4.79 Å². The molecule has 2 heterocycles. The summed E-state index contributed by atoms with van der Waals surface area (Å²) >= 11 is 3.81. The molecule has 4 rings (SSSR count). The Bertz CT molecular complexity index is 1020. The van der Waals surface area contributed by atoms with Gasteiger partial charge in [0, 0.05) is 5.56 Å². The third-order valence-electron chi connectivity index (χ3n) is 5.27. The summed E-state index contributed by atoms with van der Waals surface area (Å²) in [5.41, 5.74) is 6.62. The average Bonchev–Trinajstić information content (AvgIpc) is 3.15. The molecule has 3 atom stereocenters. The number of carbonyl (C=O) groups is 1. The fraction of sp³-hybridized carbons (Fsp3) is 0.304. The zero-order valence-electron chi connectivity index (χ0n) is 17.5. The lowest BCUT2D eigenvalue weighted by Crippen LogP contribution is -2.40. The number of hydrazine groups is 1. The van der Waals surface area contributed by atoms with Crippen molar-refractivity contribution in [2.45, 2.75) is 24.0 Å². The van der Waals surface area contributed by atoms with E-state index in [0.29, 0.717) is 11.5 Å². The van der Waals surface area contributed by atoms with Crippen LogP contribution in [-0.4, -0.2) is 48.5 Å². The molecule has 7 nitrogen and oxygen atoms in total. The maximum absolute atomic E-state index is 12.5. The molecule has 2 aliphatic rings. The molecular weight excluding hydrogens is 462 g/mol. The van der Waals surface area contributed by atoms with Gasteiger partial charge in [-0.15, -0.1) is 0 Å². The van der Waals surface area contributed by atoms with Gasteiger partial charge in [-0.3, -0.25) is 10.0 Å². The summed E-state index contributed by atoms with van der Waals surface area (Å²) in [6, 6.07) is 15.8. The SMILES string of the molecule is CCOC(=O)C1=NC2C(Br)C(c3ccccc3)NN2C(c2ccc(OC)c(OC)c2)=C1. The minimum Gasteiger partial charge on any atom is -0.493 e. The molecule has 0 amide bonds. The Morgan fingerprint density at radius 1 is 1.13 bits per heavy atom. The van der Waals surface area contributed by atoms with Gasteiger partial charge in [0.15, 0.2) is 17.7 Å². The van der Waals surface area contributed by atoms with Crippen molar-refractivity contribution in [2.24, 2.45) is 4.99 Å². The van der Waals surface area contributed by atoms with Crippen LogP contribution in [0.2, 0.25) is 0 Å². The number of esters is 1. The molecule has 2 aromatic carbocycles. The molecule has 3 unspecified atom stereocenters. The summed E-state index contributed by atoms with van der Waals surface area (Å²) in [4.78, 5) is 17.2. The predicted octanol–water partition coefficient (Wildman–Crippen LogP) is 3.71. The van der Waals surface area contributed by atoms with Crippen molar-refractivity contribution >= 4 is 33.3 Å². The second-order valence-electron chi connectivity index (χ2n) is 7.08. The van der Waals surface area contributed by atoms with Gasteiger partial charge in [-0.1, -0.05) is 46.3 Å². The van der Waals surface area contributed by atoms with Crippen LogP contribution in [0.1, 0.15) is 24.1 Å². The molecular formula is C23H24BrN3O4. The molecule has 31 heavy (non-hydrogen) atoms. The molecule has 162 valence electrons. The van der Waals surface area contributed by atoms with Gasteiger partial charge in [-0.2, -0.15) is 0 Å². The molecule has 1 saturated heterocycles. The number of halogens is 1. The molecule has 0 saturated carbocycles. The maximum Gasteiger partial charge on any atom is 0.356 e. The number of methoxy groups -OCH3 is 2. The van der Waals surface area contributed by atoms with Crippen LogP contribution in [0.5, 0.6) is 11.5 Å². The number of aliphatic imine (C=N–C) groups is 1. The second kappa shape index (κ2) is 9.11. The van der Waals surface area contributed by atoms with Gasteiger partial charge in [-0.25, -0.2) is 10.2 Å². The van der Waals surface area contributed by atoms with Crippen molar-refractivity contribution in [3.63, 3.8) is 0 Å². The van der Waals surface area contributed by atoms with E-state index in [1.165, 1.54) is 0 Å². The Morgan fingerprint density at radius 3 is 2.55 bits per heavy atom. The fourth-order valence-corrected chi connectivity index (χ4v) is 4.56. The number of ether oxygens (including phenoxy) is 3. The Balaban J connectivity index is 1.77. The zero-order chi connectivity index (χ0) is 22.0. The third-order valence-corrected chi connectivity index (χ3v) is 6.27. The zero-order valence-corrected chi connectivity index (χ0v) is 19.1. The molecule has 2 aromatic rings. The number of nitrogens with zero attached hydrogens (tertiary/aromatic N) is 2. The van der Waals surface area contributed by atoms with Crippen LogP contribution in [0.4, 0.5) is 0 Å². The van der Waals surface area contributed by atoms with E-state index in [1.54, 1.807) is 27.2 Å². The number of hydrogen-bond acceptors (Lipinski definition) is 7. The van der Waals surface area contributed by atoms with Crippen LogP contribution in [0.25, 0.3) is 5.70 Å². The minimum atomic E-state index is -0.442. The van der Waals surface area contributed by atoms with Crippen LogP contribution in [0.3, 0.4) is 0 Å². The number of rotatable bonds is 6. The lowest BCUT2D eigenvalue weighted by molar-refractivity contribution is -0.135. The Kier molecular flexibility index (Phi) is 6.29. The van der Waals surface area contributed by atoms with E-state index >= 15 is 0 Å². The van der Waals surface area contributed by atoms with Crippen molar-refractivity contribution in [3.05, 3.63) is 65.7 Å².